The highest BCUT2D eigenvalue weighted by atomic mass is 32.2. The Balaban J connectivity index is 1.54. The van der Waals surface area contributed by atoms with Crippen molar-refractivity contribution in [1.29, 1.82) is 0 Å². The SMILES string of the molecule is Cc1cc(C(=O)CSc2n[nH]c(C3CC3)n2)c(C)n1-c1cccc(C(F)(F)F)c1. The van der Waals surface area contributed by atoms with E-state index in [1.165, 1.54) is 17.8 Å². The predicted molar refractivity (Wildman–Crippen MR) is 104 cm³/mol. The van der Waals surface area contributed by atoms with Crippen LogP contribution in [0.1, 0.15) is 51.9 Å². The third kappa shape index (κ3) is 4.10. The molecule has 1 saturated carbocycles. The second-order valence-corrected chi connectivity index (χ2v) is 8.10. The monoisotopic (exact) mass is 420 g/mol. The zero-order valence-corrected chi connectivity index (χ0v) is 16.7. The van der Waals surface area contributed by atoms with Crippen molar-refractivity contribution in [2.45, 2.75) is 43.9 Å². The summed E-state index contributed by atoms with van der Waals surface area (Å²) in [5.74, 6) is 1.37. The Morgan fingerprint density at radius 3 is 2.72 bits per heavy atom. The van der Waals surface area contributed by atoms with Crippen molar-refractivity contribution in [3.63, 3.8) is 0 Å². The van der Waals surface area contributed by atoms with Crippen LogP contribution >= 0.6 is 11.8 Å². The standard InChI is InChI=1S/C20H19F3N4OS/c1-11-8-16(17(28)10-29-19-24-18(25-26-19)13-6-7-13)12(2)27(11)15-5-3-4-14(9-15)20(21,22)23/h3-5,8-9,13H,6-7,10H2,1-2H3,(H,24,25,26). The molecule has 2 aromatic heterocycles. The summed E-state index contributed by atoms with van der Waals surface area (Å²) in [7, 11) is 0. The van der Waals surface area contributed by atoms with Crippen LogP contribution in [0.5, 0.6) is 0 Å². The molecule has 0 spiro atoms. The fourth-order valence-corrected chi connectivity index (χ4v) is 4.02. The second-order valence-electron chi connectivity index (χ2n) is 7.16. The van der Waals surface area contributed by atoms with Gasteiger partial charge in [-0.3, -0.25) is 9.89 Å². The first kappa shape index (κ1) is 19.8. The van der Waals surface area contributed by atoms with Crippen molar-refractivity contribution in [2.24, 2.45) is 0 Å². The van der Waals surface area contributed by atoms with Gasteiger partial charge in [0.1, 0.15) is 5.82 Å². The van der Waals surface area contributed by atoms with Crippen LogP contribution in [0.25, 0.3) is 5.69 Å². The molecule has 1 fully saturated rings. The number of Topliss-reactive ketones (excluding diaryl/α,β-unsaturated/α-hetero) is 1. The number of hydrogen-bond donors (Lipinski definition) is 1. The number of aromatic amines is 1. The fraction of sp³-hybridized carbons (Fsp3) is 0.350. The highest BCUT2D eigenvalue weighted by molar-refractivity contribution is 7.99. The van der Waals surface area contributed by atoms with Crippen LogP contribution in [0.2, 0.25) is 0 Å². The van der Waals surface area contributed by atoms with Gasteiger partial charge in [0.2, 0.25) is 5.16 Å². The Morgan fingerprint density at radius 2 is 2.03 bits per heavy atom. The number of nitrogens with zero attached hydrogens (tertiary/aromatic N) is 3. The van der Waals surface area contributed by atoms with Crippen molar-refractivity contribution in [3.8, 4) is 5.69 Å². The summed E-state index contributed by atoms with van der Waals surface area (Å²) in [6.45, 7) is 3.51. The maximum Gasteiger partial charge on any atom is 0.416 e. The number of benzene rings is 1. The summed E-state index contributed by atoms with van der Waals surface area (Å²) in [4.78, 5) is 17.1. The molecule has 1 N–H and O–H groups in total. The van der Waals surface area contributed by atoms with Crippen LogP contribution in [-0.4, -0.2) is 31.3 Å². The van der Waals surface area contributed by atoms with E-state index in [-0.39, 0.29) is 11.5 Å². The van der Waals surface area contributed by atoms with Gasteiger partial charge in [0, 0.05) is 28.6 Å². The third-order valence-corrected chi connectivity index (χ3v) is 5.79. The number of carbonyl (C=O) groups is 1. The van der Waals surface area contributed by atoms with Crippen LogP contribution in [0.4, 0.5) is 13.2 Å². The predicted octanol–water partition coefficient (Wildman–Crippen LogP) is 5.08. The Morgan fingerprint density at radius 1 is 1.28 bits per heavy atom. The van der Waals surface area contributed by atoms with Crippen LogP contribution < -0.4 is 0 Å². The second kappa shape index (κ2) is 7.37. The van der Waals surface area contributed by atoms with Crippen molar-refractivity contribution in [3.05, 3.63) is 58.7 Å². The summed E-state index contributed by atoms with van der Waals surface area (Å²) >= 11 is 1.25. The topological polar surface area (TPSA) is 63.6 Å². The molecule has 3 aromatic rings. The van der Waals surface area contributed by atoms with E-state index >= 15 is 0 Å². The molecule has 1 aliphatic rings. The van der Waals surface area contributed by atoms with Gasteiger partial charge in [-0.25, -0.2) is 4.98 Å². The van der Waals surface area contributed by atoms with Gasteiger partial charge in [-0.1, -0.05) is 17.8 Å². The quantitative estimate of drug-likeness (QED) is 0.446. The molecule has 0 atom stereocenters. The number of thioether (sulfide) groups is 1. The molecular weight excluding hydrogens is 401 g/mol. The lowest BCUT2D eigenvalue weighted by molar-refractivity contribution is -0.137. The largest absolute Gasteiger partial charge is 0.416 e. The van der Waals surface area contributed by atoms with Gasteiger partial charge >= 0.3 is 6.18 Å². The molecule has 5 nitrogen and oxygen atoms in total. The van der Waals surface area contributed by atoms with Gasteiger partial charge in [0.15, 0.2) is 5.78 Å². The van der Waals surface area contributed by atoms with Gasteiger partial charge in [0.05, 0.1) is 11.3 Å². The highest BCUT2D eigenvalue weighted by Gasteiger charge is 2.31. The maximum atomic E-state index is 13.1. The summed E-state index contributed by atoms with van der Waals surface area (Å²) in [5, 5.41) is 7.57. The molecule has 0 radical (unpaired) electrons. The van der Waals surface area contributed by atoms with E-state index < -0.39 is 11.7 Å². The Kier molecular flexibility index (Phi) is 5.02. The van der Waals surface area contributed by atoms with Gasteiger partial charge < -0.3 is 4.57 Å². The summed E-state index contributed by atoms with van der Waals surface area (Å²) in [6, 6.07) is 6.82. The number of ketones is 1. The van der Waals surface area contributed by atoms with E-state index in [0.29, 0.717) is 33.7 Å². The number of aromatic nitrogens is 4. The molecule has 0 aliphatic heterocycles. The van der Waals surface area contributed by atoms with Crippen molar-refractivity contribution in [1.82, 2.24) is 19.7 Å². The molecule has 1 aromatic carbocycles. The number of aryl methyl sites for hydroxylation is 1. The molecule has 29 heavy (non-hydrogen) atoms. The molecule has 9 heteroatoms. The number of carbonyl (C=O) groups excluding carboxylic acids is 1. The third-order valence-electron chi connectivity index (χ3n) is 4.94. The smallest absolute Gasteiger partial charge is 0.318 e. The number of alkyl halides is 3. The summed E-state index contributed by atoms with van der Waals surface area (Å²) in [6.07, 6.45) is -2.20. The lowest BCUT2D eigenvalue weighted by Gasteiger charge is -2.13. The van der Waals surface area contributed by atoms with E-state index in [0.717, 1.165) is 30.8 Å². The molecule has 0 amide bonds. The average molecular weight is 420 g/mol. The summed E-state index contributed by atoms with van der Waals surface area (Å²) < 4.78 is 40.8. The van der Waals surface area contributed by atoms with Crippen LogP contribution in [0.3, 0.4) is 0 Å². The van der Waals surface area contributed by atoms with Gasteiger partial charge in [0.25, 0.3) is 0 Å². The molecule has 0 unspecified atom stereocenters. The van der Waals surface area contributed by atoms with Gasteiger partial charge in [-0.15, -0.1) is 5.10 Å². The first-order valence-electron chi connectivity index (χ1n) is 9.19. The molecule has 152 valence electrons. The normalized spacial score (nSPS) is 14.4. The Bertz CT molecular complexity index is 1070. The molecule has 4 rings (SSSR count). The van der Waals surface area contributed by atoms with E-state index in [1.807, 2.05) is 0 Å². The minimum atomic E-state index is -4.42. The van der Waals surface area contributed by atoms with Crippen molar-refractivity contribution in [2.75, 3.05) is 5.75 Å². The van der Waals surface area contributed by atoms with Crippen molar-refractivity contribution >= 4 is 17.5 Å². The number of hydrogen-bond acceptors (Lipinski definition) is 4. The maximum absolute atomic E-state index is 13.1. The molecular formula is C20H19F3N4OS. The first-order valence-corrected chi connectivity index (χ1v) is 10.2. The Labute approximate surface area is 169 Å². The van der Waals surface area contributed by atoms with E-state index in [4.69, 9.17) is 0 Å². The molecule has 0 bridgehead atoms. The molecule has 0 saturated heterocycles. The lowest BCUT2D eigenvalue weighted by Crippen LogP contribution is -2.08. The zero-order chi connectivity index (χ0) is 20.8. The Hall–Kier alpha value is -2.55. The van der Waals surface area contributed by atoms with E-state index in [1.54, 1.807) is 30.5 Å². The number of halogens is 3. The average Bonchev–Trinajstić information content (AvgIpc) is 3.34. The first-order chi connectivity index (χ1) is 13.7. The molecule has 2 heterocycles. The van der Waals surface area contributed by atoms with E-state index in [2.05, 4.69) is 15.2 Å². The number of rotatable bonds is 6. The lowest BCUT2D eigenvalue weighted by atomic mass is 10.1. The van der Waals surface area contributed by atoms with Crippen molar-refractivity contribution < 1.29 is 18.0 Å². The zero-order valence-electron chi connectivity index (χ0n) is 15.9. The number of H-pyrrole nitrogens is 1. The van der Waals surface area contributed by atoms with E-state index in [9.17, 15) is 18.0 Å². The van der Waals surface area contributed by atoms with Crippen LogP contribution in [0, 0.1) is 13.8 Å². The summed E-state index contributed by atoms with van der Waals surface area (Å²) in [5.41, 5.74) is 1.46. The molecule has 1 aliphatic carbocycles. The minimum absolute atomic E-state index is 0.112. The van der Waals surface area contributed by atoms with Crippen LogP contribution in [0.15, 0.2) is 35.5 Å². The van der Waals surface area contributed by atoms with Gasteiger partial charge in [-0.2, -0.15) is 13.2 Å². The number of nitrogens with one attached hydrogen (secondary N) is 1. The minimum Gasteiger partial charge on any atom is -0.318 e. The van der Waals surface area contributed by atoms with Crippen LogP contribution in [-0.2, 0) is 6.18 Å². The highest BCUT2D eigenvalue weighted by Crippen LogP contribution is 2.38. The fourth-order valence-electron chi connectivity index (χ4n) is 3.33. The van der Waals surface area contributed by atoms with Gasteiger partial charge in [-0.05, 0) is 51.0 Å².